The highest BCUT2D eigenvalue weighted by atomic mass is 16.5. The number of nitrogens with two attached hydrogens (primary N) is 1. The first-order valence-corrected chi connectivity index (χ1v) is 10.1. The summed E-state index contributed by atoms with van der Waals surface area (Å²) in [7, 11) is 1.60. The molecule has 1 fully saturated rings. The van der Waals surface area contributed by atoms with Gasteiger partial charge in [0, 0.05) is 17.5 Å². The van der Waals surface area contributed by atoms with Crippen molar-refractivity contribution in [1.82, 2.24) is 19.6 Å². The molecular formula is C23H23N5O3. The molecule has 8 heteroatoms. The molecule has 1 aliphatic carbocycles. The first-order valence-electron chi connectivity index (χ1n) is 10.1. The van der Waals surface area contributed by atoms with Crippen LogP contribution in [0.25, 0.3) is 16.8 Å². The zero-order valence-electron chi connectivity index (χ0n) is 17.3. The number of rotatable bonds is 5. The van der Waals surface area contributed by atoms with Gasteiger partial charge in [-0.25, -0.2) is 14.5 Å². The molecule has 31 heavy (non-hydrogen) atoms. The third-order valence-electron chi connectivity index (χ3n) is 5.63. The van der Waals surface area contributed by atoms with Gasteiger partial charge < -0.3 is 20.3 Å². The maximum absolute atomic E-state index is 10.2. The van der Waals surface area contributed by atoms with Crippen LogP contribution in [0.3, 0.4) is 0 Å². The highest BCUT2D eigenvalue weighted by Crippen LogP contribution is 2.46. The Morgan fingerprint density at radius 3 is 2.61 bits per heavy atom. The van der Waals surface area contributed by atoms with Gasteiger partial charge in [0.2, 0.25) is 0 Å². The normalized spacial score (nSPS) is 20.4. The van der Waals surface area contributed by atoms with Gasteiger partial charge in [0.05, 0.1) is 12.7 Å². The number of aliphatic hydroxyl groups is 1. The van der Waals surface area contributed by atoms with Crippen LogP contribution in [0, 0.1) is 0 Å². The van der Waals surface area contributed by atoms with E-state index in [1.165, 1.54) is 6.33 Å². The van der Waals surface area contributed by atoms with E-state index in [2.05, 4.69) is 10.1 Å². The first-order chi connectivity index (χ1) is 14.9. The van der Waals surface area contributed by atoms with Gasteiger partial charge in [-0.2, -0.15) is 5.10 Å². The molecule has 0 saturated heterocycles. The standard InChI is InChI=1S/C23H23N5O3/c1-23(29)11-14(12-23)22-27-19(20-21(24)25-13-26-28(20)22)17-9-8-16(10-18(17)30-2)31-15-6-4-3-5-7-15/h3-10,13-14,29H,11-12H2,1-2H3,(H2,24,25,26). The van der Waals surface area contributed by atoms with E-state index in [1.807, 2.05) is 55.5 Å². The molecule has 0 atom stereocenters. The average Bonchev–Trinajstić information content (AvgIpc) is 3.13. The molecule has 3 N–H and O–H groups in total. The summed E-state index contributed by atoms with van der Waals surface area (Å²) in [5.74, 6) is 3.18. The number of imidazole rings is 1. The van der Waals surface area contributed by atoms with Crippen molar-refractivity contribution in [2.75, 3.05) is 12.8 Å². The minimum absolute atomic E-state index is 0.0947. The van der Waals surface area contributed by atoms with Crippen molar-refractivity contribution in [2.24, 2.45) is 0 Å². The molecule has 0 radical (unpaired) electrons. The van der Waals surface area contributed by atoms with Crippen molar-refractivity contribution >= 4 is 11.3 Å². The van der Waals surface area contributed by atoms with Crippen molar-refractivity contribution in [3.05, 3.63) is 60.7 Å². The minimum atomic E-state index is -0.677. The number of ether oxygens (including phenoxy) is 2. The lowest BCUT2D eigenvalue weighted by molar-refractivity contribution is -0.0337. The summed E-state index contributed by atoms with van der Waals surface area (Å²) in [6, 6.07) is 15.1. The second-order valence-corrected chi connectivity index (χ2v) is 8.10. The van der Waals surface area contributed by atoms with Gasteiger partial charge in [-0.05, 0) is 44.0 Å². The molecule has 2 heterocycles. The van der Waals surface area contributed by atoms with Crippen LogP contribution in [0.1, 0.15) is 31.5 Å². The molecule has 1 aliphatic rings. The zero-order chi connectivity index (χ0) is 21.6. The van der Waals surface area contributed by atoms with Crippen LogP contribution in [0.4, 0.5) is 5.82 Å². The molecule has 1 saturated carbocycles. The second kappa shape index (κ2) is 7.24. The van der Waals surface area contributed by atoms with E-state index >= 15 is 0 Å². The topological polar surface area (TPSA) is 108 Å². The van der Waals surface area contributed by atoms with Gasteiger partial charge in [0.15, 0.2) is 5.82 Å². The van der Waals surface area contributed by atoms with Crippen molar-refractivity contribution in [1.29, 1.82) is 0 Å². The number of aromatic nitrogens is 4. The van der Waals surface area contributed by atoms with Crippen LogP contribution < -0.4 is 15.2 Å². The Morgan fingerprint density at radius 2 is 1.90 bits per heavy atom. The molecule has 5 rings (SSSR count). The molecule has 2 aromatic carbocycles. The smallest absolute Gasteiger partial charge is 0.153 e. The Labute approximate surface area is 179 Å². The number of anilines is 1. The number of hydrogen-bond acceptors (Lipinski definition) is 7. The zero-order valence-corrected chi connectivity index (χ0v) is 17.3. The van der Waals surface area contributed by atoms with E-state index in [9.17, 15) is 5.11 Å². The van der Waals surface area contributed by atoms with Gasteiger partial charge in [-0.1, -0.05) is 18.2 Å². The van der Waals surface area contributed by atoms with Gasteiger partial charge >= 0.3 is 0 Å². The second-order valence-electron chi connectivity index (χ2n) is 8.10. The lowest BCUT2D eigenvalue weighted by Crippen LogP contribution is -2.40. The largest absolute Gasteiger partial charge is 0.496 e. The SMILES string of the molecule is COc1cc(Oc2ccccc2)ccc1-c1nc(C2CC(C)(O)C2)n2ncnc(N)c12. The van der Waals surface area contributed by atoms with E-state index in [0.29, 0.717) is 41.4 Å². The molecule has 0 unspecified atom stereocenters. The molecule has 0 spiro atoms. The predicted molar refractivity (Wildman–Crippen MR) is 116 cm³/mol. The van der Waals surface area contributed by atoms with Gasteiger partial charge in [-0.3, -0.25) is 0 Å². The van der Waals surface area contributed by atoms with E-state index in [4.69, 9.17) is 20.2 Å². The van der Waals surface area contributed by atoms with Crippen LogP contribution in [0.15, 0.2) is 54.9 Å². The summed E-state index contributed by atoms with van der Waals surface area (Å²) >= 11 is 0. The minimum Gasteiger partial charge on any atom is -0.496 e. The number of fused-ring (bicyclic) bond motifs is 1. The van der Waals surface area contributed by atoms with Crippen molar-refractivity contribution in [3.8, 4) is 28.5 Å². The van der Waals surface area contributed by atoms with Crippen LogP contribution in [-0.2, 0) is 0 Å². The monoisotopic (exact) mass is 417 g/mol. The fraction of sp³-hybridized carbons (Fsp3) is 0.261. The molecule has 4 aromatic rings. The van der Waals surface area contributed by atoms with Crippen molar-refractivity contribution < 1.29 is 14.6 Å². The number of benzene rings is 2. The Morgan fingerprint density at radius 1 is 1.13 bits per heavy atom. The Hall–Kier alpha value is -3.65. The summed E-state index contributed by atoms with van der Waals surface area (Å²) in [5.41, 5.74) is 7.57. The summed E-state index contributed by atoms with van der Waals surface area (Å²) in [6.07, 6.45) is 2.66. The van der Waals surface area contributed by atoms with E-state index in [0.717, 1.165) is 17.1 Å². The fourth-order valence-corrected chi connectivity index (χ4v) is 4.17. The highest BCUT2D eigenvalue weighted by Gasteiger charge is 2.42. The first kappa shape index (κ1) is 19.3. The third-order valence-corrected chi connectivity index (χ3v) is 5.63. The molecule has 2 aromatic heterocycles. The molecule has 0 aliphatic heterocycles. The van der Waals surface area contributed by atoms with Gasteiger partial charge in [0.25, 0.3) is 0 Å². The van der Waals surface area contributed by atoms with Gasteiger partial charge in [-0.15, -0.1) is 0 Å². The Bertz CT molecular complexity index is 1250. The lowest BCUT2D eigenvalue weighted by Gasteiger charge is -2.39. The van der Waals surface area contributed by atoms with Crippen molar-refractivity contribution in [3.63, 3.8) is 0 Å². The summed E-state index contributed by atoms with van der Waals surface area (Å²) in [4.78, 5) is 9.04. The fourth-order valence-electron chi connectivity index (χ4n) is 4.17. The number of para-hydroxylation sites is 1. The van der Waals surface area contributed by atoms with E-state index in [-0.39, 0.29) is 5.92 Å². The van der Waals surface area contributed by atoms with Crippen LogP contribution >= 0.6 is 0 Å². The maximum Gasteiger partial charge on any atom is 0.153 e. The molecule has 158 valence electrons. The number of nitrogens with zero attached hydrogens (tertiary/aromatic N) is 4. The number of methoxy groups -OCH3 is 1. The molecule has 0 amide bonds. The third kappa shape index (κ3) is 3.44. The molecule has 0 bridgehead atoms. The molecular weight excluding hydrogens is 394 g/mol. The number of hydrogen-bond donors (Lipinski definition) is 2. The number of nitrogen functional groups attached to an aromatic ring is 1. The van der Waals surface area contributed by atoms with E-state index < -0.39 is 5.60 Å². The summed E-state index contributed by atoms with van der Waals surface area (Å²) < 4.78 is 13.3. The Balaban J connectivity index is 1.59. The predicted octanol–water partition coefficient (Wildman–Crippen LogP) is 3.80. The quantitative estimate of drug-likeness (QED) is 0.508. The molecule has 8 nitrogen and oxygen atoms in total. The summed E-state index contributed by atoms with van der Waals surface area (Å²) in [5, 5.41) is 14.6. The maximum atomic E-state index is 10.2. The van der Waals surface area contributed by atoms with E-state index in [1.54, 1.807) is 11.6 Å². The Kier molecular flexibility index (Phi) is 4.51. The van der Waals surface area contributed by atoms with Crippen LogP contribution in [0.5, 0.6) is 17.2 Å². The summed E-state index contributed by atoms with van der Waals surface area (Å²) in [6.45, 7) is 1.83. The average molecular weight is 417 g/mol. The van der Waals surface area contributed by atoms with Crippen molar-refractivity contribution in [2.45, 2.75) is 31.3 Å². The van der Waals surface area contributed by atoms with Crippen LogP contribution in [-0.4, -0.2) is 37.4 Å². The lowest BCUT2D eigenvalue weighted by atomic mass is 9.72. The van der Waals surface area contributed by atoms with Crippen LogP contribution in [0.2, 0.25) is 0 Å². The van der Waals surface area contributed by atoms with Gasteiger partial charge in [0.1, 0.15) is 40.6 Å². The highest BCUT2D eigenvalue weighted by molar-refractivity contribution is 5.87.